The number of fused-ring (bicyclic) bond motifs is 1. The van der Waals surface area contributed by atoms with Crippen LogP contribution >= 0.6 is 15.9 Å². The molecule has 0 aromatic heterocycles. The minimum Gasteiger partial charge on any atom is -0.485 e. The molecule has 0 amide bonds. The minimum atomic E-state index is 0.0203. The molecule has 110 valence electrons. The van der Waals surface area contributed by atoms with Gasteiger partial charge in [0.25, 0.3) is 0 Å². The molecule has 0 saturated carbocycles. The average molecular weight is 346 g/mol. The fourth-order valence-electron chi connectivity index (χ4n) is 3.35. The Morgan fingerprint density at radius 1 is 1.10 bits per heavy atom. The van der Waals surface area contributed by atoms with Crippen LogP contribution in [0, 0.1) is 20.8 Å². The SMILES string of the molecule is Cc1cc(C)c(C2C[C@H](N)c3ccc(Br)cc3O2)c(C)c1. The molecule has 0 bridgehead atoms. The Bertz CT molecular complexity index is 673. The summed E-state index contributed by atoms with van der Waals surface area (Å²) in [5.74, 6) is 0.896. The predicted octanol–water partition coefficient (Wildman–Crippen LogP) is 4.90. The van der Waals surface area contributed by atoms with E-state index >= 15 is 0 Å². The van der Waals surface area contributed by atoms with Gasteiger partial charge in [-0.25, -0.2) is 0 Å². The van der Waals surface area contributed by atoms with Crippen LogP contribution in [-0.4, -0.2) is 0 Å². The van der Waals surface area contributed by atoms with E-state index < -0.39 is 0 Å². The van der Waals surface area contributed by atoms with Gasteiger partial charge < -0.3 is 10.5 Å². The van der Waals surface area contributed by atoms with Gasteiger partial charge in [-0.1, -0.05) is 39.7 Å². The number of benzene rings is 2. The molecule has 0 aliphatic carbocycles. The molecule has 2 nitrogen and oxygen atoms in total. The van der Waals surface area contributed by atoms with E-state index in [1.807, 2.05) is 12.1 Å². The maximum Gasteiger partial charge on any atom is 0.126 e. The van der Waals surface area contributed by atoms with Crippen LogP contribution in [0.2, 0.25) is 0 Å². The molecule has 21 heavy (non-hydrogen) atoms. The highest BCUT2D eigenvalue weighted by atomic mass is 79.9. The molecule has 0 radical (unpaired) electrons. The van der Waals surface area contributed by atoms with E-state index in [-0.39, 0.29) is 12.1 Å². The minimum absolute atomic E-state index is 0.0203. The number of hydrogen-bond acceptors (Lipinski definition) is 2. The molecule has 1 aliphatic heterocycles. The summed E-state index contributed by atoms with van der Waals surface area (Å²) in [7, 11) is 0. The van der Waals surface area contributed by atoms with Gasteiger partial charge in [-0.2, -0.15) is 0 Å². The average Bonchev–Trinajstić information content (AvgIpc) is 2.36. The van der Waals surface area contributed by atoms with Crippen LogP contribution in [0.1, 0.15) is 46.4 Å². The topological polar surface area (TPSA) is 35.2 Å². The fraction of sp³-hybridized carbons (Fsp3) is 0.333. The van der Waals surface area contributed by atoms with E-state index in [0.29, 0.717) is 0 Å². The lowest BCUT2D eigenvalue weighted by atomic mass is 9.88. The highest BCUT2D eigenvalue weighted by Crippen LogP contribution is 2.42. The second-order valence-electron chi connectivity index (χ2n) is 5.94. The van der Waals surface area contributed by atoms with E-state index in [0.717, 1.165) is 22.2 Å². The molecule has 1 unspecified atom stereocenters. The molecule has 0 saturated heterocycles. The quantitative estimate of drug-likeness (QED) is 0.797. The number of rotatable bonds is 1. The van der Waals surface area contributed by atoms with E-state index in [1.54, 1.807) is 0 Å². The van der Waals surface area contributed by atoms with Gasteiger partial charge in [0, 0.05) is 22.5 Å². The Kier molecular flexibility index (Phi) is 3.80. The second kappa shape index (κ2) is 5.47. The molecule has 0 spiro atoms. The molecule has 2 N–H and O–H groups in total. The Hall–Kier alpha value is -1.32. The van der Waals surface area contributed by atoms with Gasteiger partial charge in [-0.3, -0.25) is 0 Å². The standard InChI is InChI=1S/C18H20BrNO/c1-10-6-11(2)18(12(3)7-10)17-9-15(20)14-5-4-13(19)8-16(14)21-17/h4-8,15,17H,9,20H2,1-3H3/t15-,17?/m0/s1. The molecule has 2 atom stereocenters. The summed E-state index contributed by atoms with van der Waals surface area (Å²) in [4.78, 5) is 0. The number of ether oxygens (including phenoxy) is 1. The van der Waals surface area contributed by atoms with Crippen molar-refractivity contribution in [1.82, 2.24) is 0 Å². The summed E-state index contributed by atoms with van der Waals surface area (Å²) in [5.41, 5.74) is 12.6. The van der Waals surface area contributed by atoms with Crippen LogP contribution in [0.15, 0.2) is 34.8 Å². The lowest BCUT2D eigenvalue weighted by Gasteiger charge is -2.32. The lowest BCUT2D eigenvalue weighted by molar-refractivity contribution is 0.160. The summed E-state index contributed by atoms with van der Waals surface area (Å²) in [5, 5.41) is 0. The van der Waals surface area contributed by atoms with Crippen LogP contribution in [0.25, 0.3) is 0 Å². The maximum atomic E-state index is 6.36. The Morgan fingerprint density at radius 2 is 1.76 bits per heavy atom. The Morgan fingerprint density at radius 3 is 2.43 bits per heavy atom. The first kappa shape index (κ1) is 14.6. The van der Waals surface area contributed by atoms with Gasteiger partial charge in [0.1, 0.15) is 11.9 Å². The molecular weight excluding hydrogens is 326 g/mol. The van der Waals surface area contributed by atoms with Gasteiger partial charge >= 0.3 is 0 Å². The summed E-state index contributed by atoms with van der Waals surface area (Å²) >= 11 is 3.50. The van der Waals surface area contributed by atoms with Gasteiger partial charge in [0.15, 0.2) is 0 Å². The number of nitrogens with two attached hydrogens (primary N) is 1. The van der Waals surface area contributed by atoms with Crippen molar-refractivity contribution in [3.05, 3.63) is 62.6 Å². The molecular formula is C18H20BrNO. The number of halogens is 1. The van der Waals surface area contributed by atoms with Crippen molar-refractivity contribution in [3.63, 3.8) is 0 Å². The number of aryl methyl sites for hydroxylation is 3. The lowest BCUT2D eigenvalue weighted by Crippen LogP contribution is -2.25. The molecule has 1 heterocycles. The third-order valence-electron chi connectivity index (χ3n) is 4.17. The first-order chi connectivity index (χ1) is 9.95. The Balaban J connectivity index is 2.03. The van der Waals surface area contributed by atoms with Gasteiger partial charge in [0.05, 0.1) is 0 Å². The van der Waals surface area contributed by atoms with E-state index in [9.17, 15) is 0 Å². The zero-order valence-electron chi connectivity index (χ0n) is 12.6. The normalized spacial score (nSPS) is 20.8. The van der Waals surface area contributed by atoms with Crippen molar-refractivity contribution >= 4 is 15.9 Å². The van der Waals surface area contributed by atoms with Crippen molar-refractivity contribution in [1.29, 1.82) is 0 Å². The highest BCUT2D eigenvalue weighted by molar-refractivity contribution is 9.10. The molecule has 1 aliphatic rings. The smallest absolute Gasteiger partial charge is 0.126 e. The van der Waals surface area contributed by atoms with Crippen molar-refractivity contribution in [2.75, 3.05) is 0 Å². The fourth-order valence-corrected chi connectivity index (χ4v) is 3.69. The van der Waals surface area contributed by atoms with Gasteiger partial charge in [-0.05, 0) is 49.6 Å². The summed E-state index contributed by atoms with van der Waals surface area (Å²) < 4.78 is 7.28. The van der Waals surface area contributed by atoms with E-state index in [1.165, 1.54) is 22.3 Å². The van der Waals surface area contributed by atoms with Crippen LogP contribution in [-0.2, 0) is 0 Å². The van der Waals surface area contributed by atoms with Crippen LogP contribution < -0.4 is 10.5 Å². The van der Waals surface area contributed by atoms with Gasteiger partial charge in [0.2, 0.25) is 0 Å². The van der Waals surface area contributed by atoms with Crippen LogP contribution in [0.3, 0.4) is 0 Å². The first-order valence-electron chi connectivity index (χ1n) is 7.25. The largest absolute Gasteiger partial charge is 0.485 e. The predicted molar refractivity (Wildman–Crippen MR) is 89.7 cm³/mol. The van der Waals surface area contributed by atoms with Crippen LogP contribution in [0.4, 0.5) is 0 Å². The highest BCUT2D eigenvalue weighted by Gasteiger charge is 2.29. The molecule has 3 heteroatoms. The maximum absolute atomic E-state index is 6.36. The van der Waals surface area contributed by atoms with Crippen molar-refractivity contribution in [2.24, 2.45) is 5.73 Å². The van der Waals surface area contributed by atoms with E-state index in [4.69, 9.17) is 10.5 Å². The van der Waals surface area contributed by atoms with Crippen molar-refractivity contribution in [3.8, 4) is 5.75 Å². The summed E-state index contributed by atoms with van der Waals surface area (Å²) in [6.07, 6.45) is 0.849. The second-order valence-corrected chi connectivity index (χ2v) is 6.86. The molecule has 0 fully saturated rings. The van der Waals surface area contributed by atoms with E-state index in [2.05, 4.69) is 54.9 Å². The zero-order valence-corrected chi connectivity index (χ0v) is 14.2. The third kappa shape index (κ3) is 2.72. The first-order valence-corrected chi connectivity index (χ1v) is 8.04. The zero-order chi connectivity index (χ0) is 15.1. The summed E-state index contributed by atoms with van der Waals surface area (Å²) in [6, 6.07) is 10.5. The van der Waals surface area contributed by atoms with Crippen molar-refractivity contribution < 1.29 is 4.74 Å². The van der Waals surface area contributed by atoms with Crippen molar-refractivity contribution in [2.45, 2.75) is 39.3 Å². The third-order valence-corrected chi connectivity index (χ3v) is 4.67. The van der Waals surface area contributed by atoms with Gasteiger partial charge in [-0.15, -0.1) is 0 Å². The molecule has 2 aromatic carbocycles. The molecule has 2 aromatic rings. The Labute approximate surface area is 134 Å². The number of hydrogen-bond donors (Lipinski definition) is 1. The monoisotopic (exact) mass is 345 g/mol. The van der Waals surface area contributed by atoms with Crippen LogP contribution in [0.5, 0.6) is 5.75 Å². The molecule has 3 rings (SSSR count). The summed E-state index contributed by atoms with van der Waals surface area (Å²) in [6.45, 7) is 6.44.